The molecule has 0 radical (unpaired) electrons. The Balaban J connectivity index is 1.94. The quantitative estimate of drug-likeness (QED) is 0.683. The monoisotopic (exact) mass is 252 g/mol. The van der Waals surface area contributed by atoms with Crippen molar-refractivity contribution in [1.82, 2.24) is 9.97 Å². The molecule has 2 nitrogen and oxygen atoms in total. The summed E-state index contributed by atoms with van der Waals surface area (Å²) in [6, 6.07) is 14.2. The number of aromatic nitrogens is 2. The summed E-state index contributed by atoms with van der Waals surface area (Å²) in [6.07, 6.45) is 3.78. The highest BCUT2D eigenvalue weighted by Gasteiger charge is 2.04. The smallest absolute Gasteiger partial charge is 0.159 e. The average molecular weight is 252 g/mol. The zero-order chi connectivity index (χ0) is 12.4. The molecule has 3 heteroatoms. The third-order valence-corrected chi connectivity index (χ3v) is 3.76. The molecule has 0 aliphatic heterocycles. The van der Waals surface area contributed by atoms with E-state index in [1.54, 1.807) is 11.3 Å². The SMILES string of the molecule is Cc1ccc(-c2cnc(-c3ccccc3)nc2)s1. The summed E-state index contributed by atoms with van der Waals surface area (Å²) in [4.78, 5) is 11.4. The summed E-state index contributed by atoms with van der Waals surface area (Å²) in [7, 11) is 0. The fourth-order valence-electron chi connectivity index (χ4n) is 1.78. The molecule has 88 valence electrons. The van der Waals surface area contributed by atoms with E-state index in [9.17, 15) is 0 Å². The number of thiophene rings is 1. The van der Waals surface area contributed by atoms with E-state index in [1.165, 1.54) is 9.75 Å². The number of hydrogen-bond acceptors (Lipinski definition) is 3. The number of nitrogens with zero attached hydrogens (tertiary/aromatic N) is 2. The number of benzene rings is 1. The Morgan fingerprint density at radius 3 is 2.17 bits per heavy atom. The first-order valence-corrected chi connectivity index (χ1v) is 6.59. The van der Waals surface area contributed by atoms with Gasteiger partial charge in [0.05, 0.1) is 0 Å². The average Bonchev–Trinajstić information content (AvgIpc) is 2.87. The van der Waals surface area contributed by atoms with Crippen LogP contribution in [0.2, 0.25) is 0 Å². The van der Waals surface area contributed by atoms with Gasteiger partial charge in [-0.05, 0) is 19.1 Å². The molecule has 0 atom stereocenters. The molecular weight excluding hydrogens is 240 g/mol. The lowest BCUT2D eigenvalue weighted by Gasteiger charge is -2.00. The summed E-state index contributed by atoms with van der Waals surface area (Å²) in [6.45, 7) is 2.10. The molecular formula is C15H12N2S. The van der Waals surface area contributed by atoms with Crippen LogP contribution in [-0.4, -0.2) is 9.97 Å². The second kappa shape index (κ2) is 4.70. The third kappa shape index (κ3) is 2.17. The van der Waals surface area contributed by atoms with Gasteiger partial charge in [0, 0.05) is 33.3 Å². The topological polar surface area (TPSA) is 25.8 Å². The lowest BCUT2D eigenvalue weighted by molar-refractivity contribution is 1.18. The second-order valence-corrected chi connectivity index (χ2v) is 5.36. The number of hydrogen-bond donors (Lipinski definition) is 0. The molecule has 0 saturated heterocycles. The van der Waals surface area contributed by atoms with Crippen molar-refractivity contribution in [2.24, 2.45) is 0 Å². The zero-order valence-electron chi connectivity index (χ0n) is 10.00. The summed E-state index contributed by atoms with van der Waals surface area (Å²) in [5.74, 6) is 0.771. The van der Waals surface area contributed by atoms with Gasteiger partial charge in [-0.15, -0.1) is 11.3 Å². The van der Waals surface area contributed by atoms with E-state index < -0.39 is 0 Å². The third-order valence-electron chi connectivity index (χ3n) is 2.71. The first-order valence-electron chi connectivity index (χ1n) is 5.77. The number of rotatable bonds is 2. The minimum absolute atomic E-state index is 0.771. The van der Waals surface area contributed by atoms with Crippen LogP contribution < -0.4 is 0 Å². The van der Waals surface area contributed by atoms with E-state index in [0.717, 1.165) is 17.0 Å². The van der Waals surface area contributed by atoms with Crippen molar-refractivity contribution in [3.63, 3.8) is 0 Å². The van der Waals surface area contributed by atoms with E-state index in [4.69, 9.17) is 0 Å². The Kier molecular flexibility index (Phi) is 2.90. The van der Waals surface area contributed by atoms with Crippen LogP contribution in [0.15, 0.2) is 54.9 Å². The van der Waals surface area contributed by atoms with Crippen molar-refractivity contribution in [2.75, 3.05) is 0 Å². The molecule has 0 bridgehead atoms. The molecule has 3 rings (SSSR count). The van der Waals surface area contributed by atoms with Crippen LogP contribution in [-0.2, 0) is 0 Å². The van der Waals surface area contributed by atoms with Crippen LogP contribution in [0.25, 0.3) is 21.8 Å². The predicted octanol–water partition coefficient (Wildman–Crippen LogP) is 4.18. The van der Waals surface area contributed by atoms with Gasteiger partial charge in [0.25, 0.3) is 0 Å². The maximum atomic E-state index is 4.43. The van der Waals surface area contributed by atoms with Gasteiger partial charge in [0.2, 0.25) is 0 Å². The highest BCUT2D eigenvalue weighted by molar-refractivity contribution is 7.15. The van der Waals surface area contributed by atoms with E-state index in [1.807, 2.05) is 42.7 Å². The van der Waals surface area contributed by atoms with Crippen LogP contribution in [0.3, 0.4) is 0 Å². The number of aryl methyl sites for hydroxylation is 1. The van der Waals surface area contributed by atoms with Crippen LogP contribution in [0, 0.1) is 6.92 Å². The van der Waals surface area contributed by atoms with E-state index in [2.05, 4.69) is 29.0 Å². The van der Waals surface area contributed by atoms with Crippen LogP contribution >= 0.6 is 11.3 Å². The van der Waals surface area contributed by atoms with E-state index >= 15 is 0 Å². The summed E-state index contributed by atoms with van der Waals surface area (Å²) in [5, 5.41) is 0. The highest BCUT2D eigenvalue weighted by Crippen LogP contribution is 2.27. The minimum Gasteiger partial charge on any atom is -0.236 e. The normalized spacial score (nSPS) is 10.5. The Morgan fingerprint density at radius 2 is 1.56 bits per heavy atom. The van der Waals surface area contributed by atoms with Crippen LogP contribution in [0.1, 0.15) is 4.88 Å². The van der Waals surface area contributed by atoms with Crippen LogP contribution in [0.5, 0.6) is 0 Å². The van der Waals surface area contributed by atoms with Gasteiger partial charge in [-0.3, -0.25) is 0 Å². The Labute approximate surface area is 110 Å². The molecule has 2 aromatic heterocycles. The Bertz CT molecular complexity index is 642. The zero-order valence-corrected chi connectivity index (χ0v) is 10.8. The molecule has 0 fully saturated rings. The fourth-order valence-corrected chi connectivity index (χ4v) is 2.62. The minimum atomic E-state index is 0.771. The van der Waals surface area contributed by atoms with Gasteiger partial charge in [-0.1, -0.05) is 30.3 Å². The standard InChI is InChI=1S/C15H12N2S/c1-11-7-8-14(18-11)13-9-16-15(17-10-13)12-5-3-2-4-6-12/h2-10H,1H3. The van der Waals surface area contributed by atoms with Crippen molar-refractivity contribution in [3.05, 3.63) is 59.7 Å². The maximum absolute atomic E-state index is 4.43. The maximum Gasteiger partial charge on any atom is 0.159 e. The van der Waals surface area contributed by atoms with Crippen molar-refractivity contribution in [1.29, 1.82) is 0 Å². The molecule has 18 heavy (non-hydrogen) atoms. The van der Waals surface area contributed by atoms with Crippen molar-refractivity contribution in [2.45, 2.75) is 6.92 Å². The molecule has 3 aromatic rings. The van der Waals surface area contributed by atoms with Crippen molar-refractivity contribution < 1.29 is 0 Å². The fraction of sp³-hybridized carbons (Fsp3) is 0.0667. The second-order valence-electron chi connectivity index (χ2n) is 4.07. The molecule has 0 aliphatic rings. The van der Waals surface area contributed by atoms with Gasteiger partial charge in [-0.2, -0.15) is 0 Å². The van der Waals surface area contributed by atoms with Crippen molar-refractivity contribution in [3.8, 4) is 21.8 Å². The molecule has 0 saturated carbocycles. The van der Waals surface area contributed by atoms with Crippen molar-refractivity contribution >= 4 is 11.3 Å². The lowest BCUT2D eigenvalue weighted by atomic mass is 10.2. The molecule has 1 aromatic carbocycles. The Hall–Kier alpha value is -2.00. The molecule has 0 unspecified atom stereocenters. The molecule has 0 aliphatic carbocycles. The van der Waals surface area contributed by atoms with Gasteiger partial charge < -0.3 is 0 Å². The first kappa shape index (κ1) is 11.1. The molecule has 2 heterocycles. The first-order chi connectivity index (χ1) is 8.83. The van der Waals surface area contributed by atoms with Crippen LogP contribution in [0.4, 0.5) is 0 Å². The molecule has 0 N–H and O–H groups in total. The molecule has 0 spiro atoms. The highest BCUT2D eigenvalue weighted by atomic mass is 32.1. The van der Waals surface area contributed by atoms with Gasteiger partial charge in [0.15, 0.2) is 5.82 Å². The largest absolute Gasteiger partial charge is 0.236 e. The summed E-state index contributed by atoms with van der Waals surface area (Å²) < 4.78 is 0. The van der Waals surface area contributed by atoms with E-state index in [0.29, 0.717) is 0 Å². The molecule has 0 amide bonds. The van der Waals surface area contributed by atoms with Gasteiger partial charge in [0.1, 0.15) is 0 Å². The predicted molar refractivity (Wildman–Crippen MR) is 75.5 cm³/mol. The Morgan fingerprint density at radius 1 is 0.833 bits per heavy atom. The lowest BCUT2D eigenvalue weighted by Crippen LogP contribution is -1.88. The van der Waals surface area contributed by atoms with Gasteiger partial charge >= 0.3 is 0 Å². The summed E-state index contributed by atoms with van der Waals surface area (Å²) in [5.41, 5.74) is 2.12. The summed E-state index contributed by atoms with van der Waals surface area (Å²) >= 11 is 1.76. The van der Waals surface area contributed by atoms with Gasteiger partial charge in [-0.25, -0.2) is 9.97 Å². The van der Waals surface area contributed by atoms with E-state index in [-0.39, 0.29) is 0 Å².